The van der Waals surface area contributed by atoms with Gasteiger partial charge >= 0.3 is 0 Å². The Morgan fingerprint density at radius 2 is 1.93 bits per heavy atom. The van der Waals surface area contributed by atoms with Crippen LogP contribution >= 0.6 is 0 Å². The van der Waals surface area contributed by atoms with Crippen molar-refractivity contribution in [1.82, 2.24) is 0 Å². The molecule has 0 aromatic carbocycles. The molecule has 0 aliphatic rings. The van der Waals surface area contributed by atoms with E-state index in [9.17, 15) is 4.21 Å². The number of hydrogen-bond acceptors (Lipinski definition) is 4. The quantitative estimate of drug-likeness (QED) is 0.202. The van der Waals surface area contributed by atoms with Crippen LogP contribution in [0.15, 0.2) is 5.11 Å². The van der Waals surface area contributed by atoms with Gasteiger partial charge in [-0.1, -0.05) is 5.11 Å². The molecule has 0 rings (SSSR count). The normalized spacial score (nSPS) is 12.1. The first kappa shape index (κ1) is 13.3. The van der Waals surface area contributed by atoms with Gasteiger partial charge in [0.15, 0.2) is 11.1 Å². The number of hydrogen-bond donors (Lipinski definition) is 1. The standard InChI is InChI=1S/C6H13N3O4S/c7-9-8-1-2-12-3-4-13-5-6-14(10)11/h1-6H2,(H,10,11). The van der Waals surface area contributed by atoms with Gasteiger partial charge in [0.25, 0.3) is 0 Å². The highest BCUT2D eigenvalue weighted by Crippen LogP contribution is 1.82. The Morgan fingerprint density at radius 1 is 1.29 bits per heavy atom. The maximum absolute atomic E-state index is 10.2. The summed E-state index contributed by atoms with van der Waals surface area (Å²) in [5.74, 6) is 0.110. The Morgan fingerprint density at radius 3 is 2.50 bits per heavy atom. The topological polar surface area (TPSA) is 105 Å². The zero-order valence-corrected chi connectivity index (χ0v) is 8.48. The van der Waals surface area contributed by atoms with Crippen molar-refractivity contribution in [2.24, 2.45) is 5.11 Å². The van der Waals surface area contributed by atoms with E-state index in [0.29, 0.717) is 26.4 Å². The van der Waals surface area contributed by atoms with Gasteiger partial charge in [-0.3, -0.25) is 0 Å². The first-order valence-electron chi connectivity index (χ1n) is 4.01. The molecule has 0 radical (unpaired) electrons. The molecule has 1 unspecified atom stereocenters. The largest absolute Gasteiger partial charge is 0.379 e. The third kappa shape index (κ3) is 11.3. The molecule has 0 saturated heterocycles. The van der Waals surface area contributed by atoms with Crippen molar-refractivity contribution in [3.8, 4) is 0 Å². The van der Waals surface area contributed by atoms with Crippen molar-refractivity contribution < 1.29 is 18.2 Å². The van der Waals surface area contributed by atoms with Gasteiger partial charge in [-0.05, 0) is 5.53 Å². The van der Waals surface area contributed by atoms with Crippen LogP contribution in [0.5, 0.6) is 0 Å². The van der Waals surface area contributed by atoms with E-state index in [0.717, 1.165) is 0 Å². The van der Waals surface area contributed by atoms with Crippen LogP contribution in [0.3, 0.4) is 0 Å². The van der Waals surface area contributed by atoms with Gasteiger partial charge in [-0.25, -0.2) is 4.21 Å². The second-order valence-corrected chi connectivity index (χ2v) is 3.26. The molecule has 0 saturated carbocycles. The molecule has 0 fully saturated rings. The van der Waals surface area contributed by atoms with E-state index < -0.39 is 11.1 Å². The second-order valence-electron chi connectivity index (χ2n) is 2.20. The maximum atomic E-state index is 10.2. The highest BCUT2D eigenvalue weighted by Gasteiger charge is 1.93. The first-order valence-corrected chi connectivity index (χ1v) is 5.28. The lowest BCUT2D eigenvalue weighted by Crippen LogP contribution is -2.10. The zero-order valence-electron chi connectivity index (χ0n) is 7.66. The van der Waals surface area contributed by atoms with Crippen LogP contribution < -0.4 is 0 Å². The zero-order chi connectivity index (χ0) is 10.6. The molecular weight excluding hydrogens is 210 g/mol. The molecule has 0 heterocycles. The van der Waals surface area contributed by atoms with E-state index in [4.69, 9.17) is 19.6 Å². The number of azide groups is 1. The summed E-state index contributed by atoms with van der Waals surface area (Å²) >= 11 is -1.80. The van der Waals surface area contributed by atoms with E-state index in [1.807, 2.05) is 0 Å². The Labute approximate surface area is 84.3 Å². The minimum absolute atomic E-state index is 0.110. The van der Waals surface area contributed by atoms with Crippen molar-refractivity contribution in [1.29, 1.82) is 0 Å². The molecule has 82 valence electrons. The van der Waals surface area contributed by atoms with E-state index in [-0.39, 0.29) is 12.4 Å². The van der Waals surface area contributed by atoms with Gasteiger partial charge in [0.2, 0.25) is 0 Å². The molecule has 1 N–H and O–H groups in total. The van der Waals surface area contributed by atoms with Crippen LogP contribution in [-0.2, 0) is 20.6 Å². The van der Waals surface area contributed by atoms with Crippen molar-refractivity contribution in [2.75, 3.05) is 38.7 Å². The molecule has 14 heavy (non-hydrogen) atoms. The Hall–Kier alpha value is -0.660. The molecule has 0 aliphatic carbocycles. The van der Waals surface area contributed by atoms with Crippen LogP contribution in [0.25, 0.3) is 10.4 Å². The van der Waals surface area contributed by atoms with E-state index in [1.165, 1.54) is 0 Å². The van der Waals surface area contributed by atoms with E-state index >= 15 is 0 Å². The first-order chi connectivity index (χ1) is 6.77. The van der Waals surface area contributed by atoms with Crippen molar-refractivity contribution >= 4 is 11.1 Å². The predicted molar refractivity (Wildman–Crippen MR) is 51.3 cm³/mol. The molecular formula is C6H13N3O4S. The highest BCUT2D eigenvalue weighted by molar-refractivity contribution is 7.79. The van der Waals surface area contributed by atoms with Gasteiger partial charge in [-0.2, -0.15) is 0 Å². The molecule has 0 aromatic rings. The Bertz CT molecular complexity index is 199. The third-order valence-electron chi connectivity index (χ3n) is 1.17. The summed E-state index contributed by atoms with van der Waals surface area (Å²) in [5, 5.41) is 3.27. The number of nitrogens with zero attached hydrogens (tertiary/aromatic N) is 3. The lowest BCUT2D eigenvalue weighted by atomic mass is 10.7. The van der Waals surface area contributed by atoms with Crippen LogP contribution in [-0.4, -0.2) is 47.5 Å². The highest BCUT2D eigenvalue weighted by atomic mass is 32.2. The van der Waals surface area contributed by atoms with Gasteiger partial charge in [0.1, 0.15) is 0 Å². The summed E-state index contributed by atoms with van der Waals surface area (Å²) in [5.41, 5.74) is 7.92. The summed E-state index contributed by atoms with van der Waals surface area (Å²) < 4.78 is 28.5. The van der Waals surface area contributed by atoms with Crippen molar-refractivity contribution in [3.63, 3.8) is 0 Å². The molecule has 0 amide bonds. The summed E-state index contributed by atoms with van der Waals surface area (Å²) in [7, 11) is 0. The summed E-state index contributed by atoms with van der Waals surface area (Å²) in [6.45, 7) is 1.66. The van der Waals surface area contributed by atoms with E-state index in [2.05, 4.69) is 10.0 Å². The SMILES string of the molecule is [N-]=[N+]=NCCOCCOCCS(=O)O. The number of rotatable bonds is 9. The molecule has 0 spiro atoms. The predicted octanol–water partition coefficient (Wildman–Crippen LogP) is 0.552. The van der Waals surface area contributed by atoms with Crippen molar-refractivity contribution in [2.45, 2.75) is 0 Å². The third-order valence-corrected chi connectivity index (χ3v) is 1.69. The maximum Gasteiger partial charge on any atom is 0.155 e. The monoisotopic (exact) mass is 223 g/mol. The fraction of sp³-hybridized carbons (Fsp3) is 1.00. The lowest BCUT2D eigenvalue weighted by molar-refractivity contribution is 0.0567. The van der Waals surface area contributed by atoms with Crippen LogP contribution in [0.2, 0.25) is 0 Å². The molecule has 0 aliphatic heterocycles. The van der Waals surface area contributed by atoms with Crippen molar-refractivity contribution in [3.05, 3.63) is 10.4 Å². The van der Waals surface area contributed by atoms with Crippen LogP contribution in [0.1, 0.15) is 0 Å². The fourth-order valence-corrected chi connectivity index (χ4v) is 0.863. The average Bonchev–Trinajstić information content (AvgIpc) is 2.15. The lowest BCUT2D eigenvalue weighted by Gasteiger charge is -2.02. The summed E-state index contributed by atoms with van der Waals surface area (Å²) in [6.07, 6.45) is 0. The fourth-order valence-electron chi connectivity index (χ4n) is 0.602. The minimum Gasteiger partial charge on any atom is -0.379 e. The average molecular weight is 223 g/mol. The molecule has 0 bridgehead atoms. The molecule has 0 aromatic heterocycles. The Kier molecular flexibility index (Phi) is 9.93. The smallest absolute Gasteiger partial charge is 0.155 e. The summed E-state index contributed by atoms with van der Waals surface area (Å²) in [4.78, 5) is 2.55. The molecule has 1 atom stereocenters. The summed E-state index contributed by atoms with van der Waals surface area (Å²) in [6, 6.07) is 0. The minimum atomic E-state index is -1.80. The second kappa shape index (κ2) is 10.4. The van der Waals surface area contributed by atoms with Crippen LogP contribution in [0.4, 0.5) is 0 Å². The molecule has 8 heteroatoms. The van der Waals surface area contributed by atoms with Gasteiger partial charge in [-0.15, -0.1) is 0 Å². The van der Waals surface area contributed by atoms with Gasteiger partial charge < -0.3 is 14.0 Å². The molecule has 7 nitrogen and oxygen atoms in total. The number of ether oxygens (including phenoxy) is 2. The Balaban J connectivity index is 2.99. The van der Waals surface area contributed by atoms with Gasteiger partial charge in [0.05, 0.1) is 32.2 Å². The van der Waals surface area contributed by atoms with Crippen LogP contribution in [0, 0.1) is 0 Å². The van der Waals surface area contributed by atoms with E-state index in [1.54, 1.807) is 0 Å². The van der Waals surface area contributed by atoms with Gasteiger partial charge in [0, 0.05) is 11.5 Å².